The molecule has 1 N–H and O–H groups in total. The van der Waals surface area contributed by atoms with Gasteiger partial charge in [0, 0.05) is 45.7 Å². The summed E-state index contributed by atoms with van der Waals surface area (Å²) < 4.78 is 2.09. The lowest BCUT2D eigenvalue weighted by Gasteiger charge is -2.30. The van der Waals surface area contributed by atoms with E-state index in [1.54, 1.807) is 0 Å². The lowest BCUT2D eigenvalue weighted by atomic mass is 9.95. The zero-order valence-corrected chi connectivity index (χ0v) is 13.1. The number of aliphatic hydroxyl groups excluding tert-OH is 1. The molecule has 5 heteroatoms. The molecule has 118 valence electrons. The van der Waals surface area contributed by atoms with Gasteiger partial charge in [-0.25, -0.2) is 4.98 Å². The molecule has 1 aromatic heterocycles. The Morgan fingerprint density at radius 1 is 1.14 bits per heavy atom. The first kappa shape index (κ1) is 15.0. The average Bonchev–Trinajstić information content (AvgIpc) is 3.07. The smallest absolute Gasteiger partial charge is 0.122 e. The Bertz CT molecular complexity index is 441. The third-order valence-electron chi connectivity index (χ3n) is 5.11. The molecule has 0 unspecified atom stereocenters. The van der Waals surface area contributed by atoms with E-state index in [2.05, 4.69) is 19.4 Å². The maximum Gasteiger partial charge on any atom is 0.122 e. The van der Waals surface area contributed by atoms with E-state index in [9.17, 15) is 5.11 Å². The van der Waals surface area contributed by atoms with E-state index < -0.39 is 0 Å². The fourth-order valence-corrected chi connectivity index (χ4v) is 3.80. The molecule has 2 saturated heterocycles. The zero-order valence-electron chi connectivity index (χ0n) is 13.1. The van der Waals surface area contributed by atoms with Crippen LogP contribution in [0, 0.1) is 11.8 Å². The predicted molar refractivity (Wildman–Crippen MR) is 82.8 cm³/mol. The maximum atomic E-state index is 9.70. The topological polar surface area (TPSA) is 44.5 Å². The number of piperidine rings is 1. The van der Waals surface area contributed by atoms with Gasteiger partial charge < -0.3 is 14.6 Å². The Balaban J connectivity index is 1.56. The molecule has 2 aliphatic rings. The fraction of sp³-hybridized carbons (Fsp3) is 0.812. The Labute approximate surface area is 127 Å². The van der Waals surface area contributed by atoms with Crippen molar-refractivity contribution in [2.45, 2.75) is 25.8 Å². The standard InChI is InChI=1S/C16H28N4O/c1-18-8-5-17-16(18)12-20-10-14(15(11-20)13-21)9-19-6-3-2-4-7-19/h5,8,14-15,21H,2-4,6-7,9-13H2,1H3/t14-,15-/m1/s1. The summed E-state index contributed by atoms with van der Waals surface area (Å²) in [5.41, 5.74) is 0. The molecule has 0 radical (unpaired) electrons. The van der Waals surface area contributed by atoms with Crippen molar-refractivity contribution in [1.82, 2.24) is 19.4 Å². The zero-order chi connectivity index (χ0) is 14.7. The molecule has 21 heavy (non-hydrogen) atoms. The van der Waals surface area contributed by atoms with Gasteiger partial charge in [-0.3, -0.25) is 4.90 Å². The molecule has 3 rings (SSSR count). The van der Waals surface area contributed by atoms with E-state index in [1.165, 1.54) is 32.4 Å². The van der Waals surface area contributed by atoms with Crippen molar-refractivity contribution in [3.05, 3.63) is 18.2 Å². The second kappa shape index (κ2) is 6.90. The highest BCUT2D eigenvalue weighted by atomic mass is 16.3. The number of aromatic nitrogens is 2. The Kier molecular flexibility index (Phi) is 4.93. The molecule has 3 heterocycles. The molecule has 0 bridgehead atoms. The quantitative estimate of drug-likeness (QED) is 0.877. The molecule has 0 saturated carbocycles. The van der Waals surface area contributed by atoms with Crippen molar-refractivity contribution in [2.75, 3.05) is 39.3 Å². The number of hydrogen-bond acceptors (Lipinski definition) is 4. The molecule has 0 aromatic carbocycles. The van der Waals surface area contributed by atoms with Crippen LogP contribution >= 0.6 is 0 Å². The molecule has 2 atom stereocenters. The minimum atomic E-state index is 0.315. The molecule has 2 fully saturated rings. The van der Waals surface area contributed by atoms with Crippen LogP contribution in [0.3, 0.4) is 0 Å². The van der Waals surface area contributed by atoms with Crippen LogP contribution in [0.2, 0.25) is 0 Å². The van der Waals surface area contributed by atoms with Crippen LogP contribution in [0.15, 0.2) is 12.4 Å². The Hall–Kier alpha value is -0.910. The molecule has 0 spiro atoms. The van der Waals surface area contributed by atoms with Gasteiger partial charge in [-0.1, -0.05) is 6.42 Å². The van der Waals surface area contributed by atoms with Crippen molar-refractivity contribution in [3.8, 4) is 0 Å². The summed E-state index contributed by atoms with van der Waals surface area (Å²) in [6.07, 6.45) is 7.93. The number of rotatable bonds is 5. The van der Waals surface area contributed by atoms with Crippen molar-refractivity contribution in [3.63, 3.8) is 0 Å². The number of likely N-dealkylation sites (tertiary alicyclic amines) is 2. The predicted octanol–water partition coefficient (Wildman–Crippen LogP) is 0.946. The highest BCUT2D eigenvalue weighted by Crippen LogP contribution is 2.26. The van der Waals surface area contributed by atoms with Gasteiger partial charge in [0.1, 0.15) is 5.82 Å². The van der Waals surface area contributed by atoms with Gasteiger partial charge >= 0.3 is 0 Å². The number of aliphatic hydroxyl groups is 1. The summed E-state index contributed by atoms with van der Waals surface area (Å²) in [6, 6.07) is 0. The molecule has 1 aromatic rings. The minimum absolute atomic E-state index is 0.315. The first-order valence-electron chi connectivity index (χ1n) is 8.28. The van der Waals surface area contributed by atoms with Gasteiger partial charge in [-0.05, 0) is 37.8 Å². The molecule has 2 aliphatic heterocycles. The summed E-state index contributed by atoms with van der Waals surface area (Å²) >= 11 is 0. The average molecular weight is 292 g/mol. The van der Waals surface area contributed by atoms with E-state index in [0.29, 0.717) is 18.4 Å². The Morgan fingerprint density at radius 3 is 2.57 bits per heavy atom. The van der Waals surface area contributed by atoms with Gasteiger partial charge in [0.25, 0.3) is 0 Å². The van der Waals surface area contributed by atoms with E-state index in [1.807, 2.05) is 19.4 Å². The summed E-state index contributed by atoms with van der Waals surface area (Å²) in [6.45, 7) is 6.95. The lowest BCUT2D eigenvalue weighted by molar-refractivity contribution is 0.149. The van der Waals surface area contributed by atoms with Crippen LogP contribution in [0.5, 0.6) is 0 Å². The summed E-state index contributed by atoms with van der Waals surface area (Å²) in [5, 5.41) is 9.70. The van der Waals surface area contributed by atoms with E-state index >= 15 is 0 Å². The van der Waals surface area contributed by atoms with Gasteiger partial charge in [0.05, 0.1) is 6.54 Å². The van der Waals surface area contributed by atoms with Crippen LogP contribution < -0.4 is 0 Å². The van der Waals surface area contributed by atoms with Gasteiger partial charge in [0.2, 0.25) is 0 Å². The van der Waals surface area contributed by atoms with Crippen LogP contribution in [-0.2, 0) is 13.6 Å². The first-order valence-corrected chi connectivity index (χ1v) is 8.28. The van der Waals surface area contributed by atoms with Crippen molar-refractivity contribution >= 4 is 0 Å². The van der Waals surface area contributed by atoms with Gasteiger partial charge in [0.15, 0.2) is 0 Å². The summed E-state index contributed by atoms with van der Waals surface area (Å²) in [5.74, 6) is 2.14. The third kappa shape index (κ3) is 3.65. The Morgan fingerprint density at radius 2 is 1.90 bits per heavy atom. The number of nitrogens with zero attached hydrogens (tertiary/aromatic N) is 4. The number of hydrogen-bond donors (Lipinski definition) is 1. The van der Waals surface area contributed by atoms with Crippen LogP contribution in [0.1, 0.15) is 25.1 Å². The van der Waals surface area contributed by atoms with E-state index in [4.69, 9.17) is 0 Å². The highest BCUT2D eigenvalue weighted by molar-refractivity contribution is 4.94. The second-order valence-electron chi connectivity index (χ2n) is 6.71. The molecule has 0 aliphatic carbocycles. The minimum Gasteiger partial charge on any atom is -0.396 e. The first-order chi connectivity index (χ1) is 10.3. The summed E-state index contributed by atoms with van der Waals surface area (Å²) in [4.78, 5) is 9.47. The SMILES string of the molecule is Cn1ccnc1CN1C[C@@H](CN2CCCCC2)[C@@H](CO)C1. The molecule has 0 amide bonds. The number of imidazole rings is 1. The van der Waals surface area contributed by atoms with Gasteiger partial charge in [-0.2, -0.15) is 0 Å². The maximum absolute atomic E-state index is 9.70. The lowest BCUT2D eigenvalue weighted by Crippen LogP contribution is -2.37. The third-order valence-corrected chi connectivity index (χ3v) is 5.11. The number of aryl methyl sites for hydroxylation is 1. The highest BCUT2D eigenvalue weighted by Gasteiger charge is 2.33. The van der Waals surface area contributed by atoms with Crippen LogP contribution in [-0.4, -0.2) is 63.8 Å². The molecular formula is C16H28N4O. The summed E-state index contributed by atoms with van der Waals surface area (Å²) in [7, 11) is 2.05. The normalized spacial score (nSPS) is 28.3. The fourth-order valence-electron chi connectivity index (χ4n) is 3.80. The van der Waals surface area contributed by atoms with Crippen molar-refractivity contribution in [2.24, 2.45) is 18.9 Å². The molecular weight excluding hydrogens is 264 g/mol. The van der Waals surface area contributed by atoms with Crippen molar-refractivity contribution < 1.29 is 5.11 Å². The van der Waals surface area contributed by atoms with Crippen LogP contribution in [0.4, 0.5) is 0 Å². The van der Waals surface area contributed by atoms with Crippen LogP contribution in [0.25, 0.3) is 0 Å². The molecule has 5 nitrogen and oxygen atoms in total. The van der Waals surface area contributed by atoms with E-state index in [-0.39, 0.29) is 0 Å². The van der Waals surface area contributed by atoms with Gasteiger partial charge in [-0.15, -0.1) is 0 Å². The largest absolute Gasteiger partial charge is 0.396 e. The monoisotopic (exact) mass is 292 g/mol. The van der Waals surface area contributed by atoms with E-state index in [0.717, 1.165) is 32.0 Å². The second-order valence-corrected chi connectivity index (χ2v) is 6.71. The van der Waals surface area contributed by atoms with Crippen molar-refractivity contribution in [1.29, 1.82) is 0 Å².